The number of amides is 1. The van der Waals surface area contributed by atoms with Crippen LogP contribution in [0.2, 0.25) is 0 Å². The molecule has 1 aliphatic heterocycles. The third-order valence-corrected chi connectivity index (χ3v) is 3.77. The smallest absolute Gasteiger partial charge is 0.253 e. The quantitative estimate of drug-likeness (QED) is 0.849. The molecule has 1 fully saturated rings. The minimum absolute atomic E-state index is 0.0814. The third kappa shape index (κ3) is 4.34. The van der Waals surface area contributed by atoms with Crippen molar-refractivity contribution in [3.63, 3.8) is 0 Å². The first-order chi connectivity index (χ1) is 9.89. The van der Waals surface area contributed by atoms with E-state index in [1.165, 1.54) is 0 Å². The molecule has 112 valence electrons. The van der Waals surface area contributed by atoms with Crippen LogP contribution in [-0.4, -0.2) is 34.6 Å². The Morgan fingerprint density at radius 3 is 2.86 bits per heavy atom. The van der Waals surface area contributed by atoms with Gasteiger partial charge in [0.2, 0.25) is 0 Å². The molecule has 21 heavy (non-hydrogen) atoms. The number of hydrogen-bond donors (Lipinski definition) is 1. The largest absolute Gasteiger partial charge is 0.378 e. The summed E-state index contributed by atoms with van der Waals surface area (Å²) in [5, 5.41) is 9.64. The topological polar surface area (TPSA) is 40.5 Å². The first-order valence-corrected chi connectivity index (χ1v) is 7.54. The minimum atomic E-state index is -1.02. The molecule has 1 atom stereocenters. The van der Waals surface area contributed by atoms with Crippen molar-refractivity contribution in [2.24, 2.45) is 5.92 Å². The molecule has 0 saturated carbocycles. The Bertz CT molecular complexity index is 575. The average Bonchev–Trinajstić information content (AvgIpc) is 2.93. The van der Waals surface area contributed by atoms with Crippen molar-refractivity contribution < 1.29 is 9.90 Å². The van der Waals surface area contributed by atoms with Crippen LogP contribution in [-0.2, 0) is 0 Å². The van der Waals surface area contributed by atoms with E-state index >= 15 is 0 Å². The molecule has 0 aromatic heterocycles. The molecule has 1 aromatic rings. The molecule has 1 heterocycles. The lowest BCUT2D eigenvalue weighted by molar-refractivity contribution is 0.0787. The Labute approximate surface area is 127 Å². The lowest BCUT2D eigenvalue weighted by atomic mass is 10.1. The maximum Gasteiger partial charge on any atom is 0.253 e. The fourth-order valence-electron chi connectivity index (χ4n) is 2.49. The van der Waals surface area contributed by atoms with E-state index < -0.39 is 5.60 Å². The Morgan fingerprint density at radius 1 is 1.48 bits per heavy atom. The van der Waals surface area contributed by atoms with Gasteiger partial charge in [-0.05, 0) is 44.4 Å². The number of aliphatic hydroxyl groups is 1. The van der Waals surface area contributed by atoms with Crippen molar-refractivity contribution in [2.45, 2.75) is 39.2 Å². The first kappa shape index (κ1) is 15.6. The van der Waals surface area contributed by atoms with Crippen LogP contribution in [0.15, 0.2) is 24.3 Å². The second kappa shape index (κ2) is 6.32. The van der Waals surface area contributed by atoms with E-state index in [9.17, 15) is 9.90 Å². The summed E-state index contributed by atoms with van der Waals surface area (Å²) < 4.78 is 0. The Hall–Kier alpha value is -1.79. The zero-order valence-electron chi connectivity index (χ0n) is 13.0. The van der Waals surface area contributed by atoms with Gasteiger partial charge in [-0.3, -0.25) is 4.79 Å². The zero-order chi connectivity index (χ0) is 15.5. The summed E-state index contributed by atoms with van der Waals surface area (Å²) in [4.78, 5) is 14.4. The van der Waals surface area contributed by atoms with Gasteiger partial charge in [-0.15, -0.1) is 0 Å². The highest BCUT2D eigenvalue weighted by molar-refractivity contribution is 5.94. The van der Waals surface area contributed by atoms with E-state index in [2.05, 4.69) is 18.8 Å². The average molecular weight is 285 g/mol. The number of nitrogens with zero attached hydrogens (tertiary/aromatic N) is 1. The first-order valence-electron chi connectivity index (χ1n) is 7.54. The molecule has 0 bridgehead atoms. The van der Waals surface area contributed by atoms with Crippen LogP contribution in [0.4, 0.5) is 0 Å². The van der Waals surface area contributed by atoms with Crippen LogP contribution < -0.4 is 0 Å². The molecule has 0 unspecified atom stereocenters. The Morgan fingerprint density at radius 2 is 2.24 bits per heavy atom. The molecule has 3 nitrogen and oxygen atoms in total. The second-order valence-electron chi connectivity index (χ2n) is 6.20. The number of rotatable bonds is 2. The number of benzene rings is 1. The van der Waals surface area contributed by atoms with E-state index in [0.717, 1.165) is 31.5 Å². The molecule has 1 aliphatic rings. The lowest BCUT2D eigenvalue weighted by Crippen LogP contribution is -2.28. The van der Waals surface area contributed by atoms with Crippen LogP contribution in [0.1, 0.15) is 49.5 Å². The molecule has 0 aliphatic carbocycles. The van der Waals surface area contributed by atoms with Crippen molar-refractivity contribution in [1.29, 1.82) is 0 Å². The van der Waals surface area contributed by atoms with Crippen molar-refractivity contribution in [2.75, 3.05) is 13.1 Å². The molecule has 1 N–H and O–H groups in total. The van der Waals surface area contributed by atoms with Gasteiger partial charge in [0.25, 0.3) is 5.91 Å². The van der Waals surface area contributed by atoms with Crippen molar-refractivity contribution in [1.82, 2.24) is 4.90 Å². The predicted molar refractivity (Wildman–Crippen MR) is 83.9 cm³/mol. The maximum atomic E-state index is 12.5. The van der Waals surface area contributed by atoms with E-state index in [4.69, 9.17) is 0 Å². The SMILES string of the molecule is CC[C@@H]1CCN(C(=O)c2cccc(C#CC(C)(C)O)c2)C1. The molecule has 0 radical (unpaired) electrons. The lowest BCUT2D eigenvalue weighted by Gasteiger charge is -2.16. The molecular formula is C18H23NO2. The van der Waals surface area contributed by atoms with Gasteiger partial charge < -0.3 is 10.0 Å². The minimum Gasteiger partial charge on any atom is -0.378 e. The maximum absolute atomic E-state index is 12.5. The predicted octanol–water partition coefficient (Wildman–Crippen LogP) is 2.68. The van der Waals surface area contributed by atoms with Gasteiger partial charge in [0.15, 0.2) is 0 Å². The van der Waals surface area contributed by atoms with Gasteiger partial charge in [0.05, 0.1) is 0 Å². The normalized spacial score (nSPS) is 18.3. The molecule has 1 saturated heterocycles. The molecule has 1 aromatic carbocycles. The fraction of sp³-hybridized carbons (Fsp3) is 0.500. The molecule has 2 rings (SSSR count). The summed E-state index contributed by atoms with van der Waals surface area (Å²) in [6.07, 6.45) is 2.22. The van der Waals surface area contributed by atoms with E-state index in [1.807, 2.05) is 23.1 Å². The molecular weight excluding hydrogens is 262 g/mol. The van der Waals surface area contributed by atoms with Crippen LogP contribution in [0.25, 0.3) is 0 Å². The summed E-state index contributed by atoms with van der Waals surface area (Å²) in [7, 11) is 0. The number of hydrogen-bond acceptors (Lipinski definition) is 2. The Kier molecular flexibility index (Phi) is 4.69. The van der Waals surface area contributed by atoms with Gasteiger partial charge in [-0.2, -0.15) is 0 Å². The highest BCUT2D eigenvalue weighted by Crippen LogP contribution is 2.21. The fourth-order valence-corrected chi connectivity index (χ4v) is 2.49. The molecule has 0 spiro atoms. The number of carbonyl (C=O) groups is 1. The van der Waals surface area contributed by atoms with Crippen LogP contribution >= 0.6 is 0 Å². The van der Waals surface area contributed by atoms with Crippen molar-refractivity contribution in [3.05, 3.63) is 35.4 Å². The van der Waals surface area contributed by atoms with Gasteiger partial charge in [0, 0.05) is 24.2 Å². The molecule has 1 amide bonds. The van der Waals surface area contributed by atoms with Crippen molar-refractivity contribution >= 4 is 5.91 Å². The highest BCUT2D eigenvalue weighted by atomic mass is 16.3. The van der Waals surface area contributed by atoms with Gasteiger partial charge in [-0.25, -0.2) is 0 Å². The number of carbonyl (C=O) groups excluding carboxylic acids is 1. The summed E-state index contributed by atoms with van der Waals surface area (Å²) in [6.45, 7) is 7.16. The van der Waals surface area contributed by atoms with Gasteiger partial charge in [0.1, 0.15) is 5.60 Å². The standard InChI is InChI=1S/C18H23NO2/c1-4-14-9-11-19(13-14)17(20)16-7-5-6-15(12-16)8-10-18(2,3)21/h5-7,12,14,21H,4,9,11,13H2,1-3H3/t14-/m1/s1. The van der Waals surface area contributed by atoms with E-state index in [0.29, 0.717) is 11.5 Å². The van der Waals surface area contributed by atoms with E-state index in [1.54, 1.807) is 19.9 Å². The second-order valence-corrected chi connectivity index (χ2v) is 6.20. The van der Waals surface area contributed by atoms with Crippen molar-refractivity contribution in [3.8, 4) is 11.8 Å². The summed E-state index contributed by atoms with van der Waals surface area (Å²) in [5.41, 5.74) is 0.409. The van der Waals surface area contributed by atoms with Gasteiger partial charge in [-0.1, -0.05) is 31.3 Å². The highest BCUT2D eigenvalue weighted by Gasteiger charge is 2.25. The summed E-state index contributed by atoms with van der Waals surface area (Å²) in [6, 6.07) is 7.33. The van der Waals surface area contributed by atoms with Crippen LogP contribution in [0.3, 0.4) is 0 Å². The zero-order valence-corrected chi connectivity index (χ0v) is 13.0. The summed E-state index contributed by atoms with van der Waals surface area (Å²) >= 11 is 0. The van der Waals surface area contributed by atoms with Gasteiger partial charge >= 0.3 is 0 Å². The Balaban J connectivity index is 2.13. The van der Waals surface area contributed by atoms with Crippen LogP contribution in [0, 0.1) is 17.8 Å². The molecule has 3 heteroatoms. The van der Waals surface area contributed by atoms with Crippen LogP contribution in [0.5, 0.6) is 0 Å². The number of likely N-dealkylation sites (tertiary alicyclic amines) is 1. The summed E-state index contributed by atoms with van der Waals surface area (Å²) in [5.74, 6) is 6.40. The van der Waals surface area contributed by atoms with E-state index in [-0.39, 0.29) is 5.91 Å². The monoisotopic (exact) mass is 285 g/mol. The third-order valence-electron chi connectivity index (χ3n) is 3.77.